The van der Waals surface area contributed by atoms with Gasteiger partial charge in [-0.15, -0.1) is 0 Å². The number of hydrogen-bond donors (Lipinski definition) is 1. The van der Waals surface area contributed by atoms with E-state index in [9.17, 15) is 27.9 Å². The Kier molecular flexibility index (Phi) is 5.99. The van der Waals surface area contributed by atoms with Gasteiger partial charge >= 0.3 is 6.18 Å². The van der Waals surface area contributed by atoms with Crippen LogP contribution in [0.2, 0.25) is 0 Å². The third kappa shape index (κ3) is 4.50. The Morgan fingerprint density at radius 2 is 1.59 bits per heavy atom. The van der Waals surface area contributed by atoms with Gasteiger partial charge in [0.15, 0.2) is 6.10 Å². The molecule has 2 aromatic carbocycles. The van der Waals surface area contributed by atoms with Gasteiger partial charge in [-0.2, -0.15) is 13.2 Å². The highest BCUT2D eigenvalue weighted by Gasteiger charge is 2.48. The van der Waals surface area contributed by atoms with Crippen molar-refractivity contribution in [3.8, 4) is 5.75 Å². The number of alkyl halides is 3. The summed E-state index contributed by atoms with van der Waals surface area (Å²) in [6.45, 7) is 0.227. The first kappa shape index (κ1) is 22.3. The fourth-order valence-electron chi connectivity index (χ4n) is 4.52. The summed E-state index contributed by atoms with van der Waals surface area (Å²) in [7, 11) is 0. The average Bonchev–Trinajstić information content (AvgIpc) is 3.07. The number of phenols is 1. The number of hydrogen-bond acceptors (Lipinski definition) is 4. The maximum absolute atomic E-state index is 13.6. The molecule has 1 aliphatic heterocycles. The number of ketones is 1. The maximum Gasteiger partial charge on any atom is 0.418 e. The van der Waals surface area contributed by atoms with Crippen LogP contribution in [0, 0.1) is 5.41 Å². The molecular formula is C24H24F3NO4. The van der Waals surface area contributed by atoms with E-state index in [-0.39, 0.29) is 29.6 Å². The van der Waals surface area contributed by atoms with Crippen LogP contribution in [-0.4, -0.2) is 29.5 Å². The van der Waals surface area contributed by atoms with Gasteiger partial charge in [0.2, 0.25) is 5.91 Å². The molecule has 5 nitrogen and oxygen atoms in total. The van der Waals surface area contributed by atoms with Crippen molar-refractivity contribution in [3.05, 3.63) is 59.7 Å². The summed E-state index contributed by atoms with van der Waals surface area (Å²) in [5.74, 6) is 0.153. The third-order valence-electron chi connectivity index (χ3n) is 6.44. The van der Waals surface area contributed by atoms with Crippen molar-refractivity contribution in [3.63, 3.8) is 0 Å². The summed E-state index contributed by atoms with van der Waals surface area (Å²) in [5, 5.41) is 9.31. The molecule has 8 heteroatoms. The summed E-state index contributed by atoms with van der Waals surface area (Å²) < 4.78 is 46.1. The van der Waals surface area contributed by atoms with Crippen LogP contribution in [0.15, 0.2) is 48.5 Å². The lowest BCUT2D eigenvalue weighted by atomic mass is 9.72. The molecule has 2 aliphatic rings. The number of aromatic hydroxyl groups is 1. The number of rotatable bonds is 5. The summed E-state index contributed by atoms with van der Waals surface area (Å²) in [6.07, 6.45) is -4.17. The van der Waals surface area contributed by atoms with E-state index in [2.05, 4.69) is 0 Å². The van der Waals surface area contributed by atoms with Crippen LogP contribution in [-0.2, 0) is 20.9 Å². The highest BCUT2D eigenvalue weighted by atomic mass is 19.4. The number of anilines is 1. The molecule has 1 spiro atoms. The van der Waals surface area contributed by atoms with Crippen LogP contribution in [0.3, 0.4) is 0 Å². The van der Waals surface area contributed by atoms with Gasteiger partial charge in [0.05, 0.1) is 12.0 Å². The van der Waals surface area contributed by atoms with Crippen molar-refractivity contribution in [2.45, 2.75) is 51.0 Å². The van der Waals surface area contributed by atoms with Gasteiger partial charge in [0.1, 0.15) is 11.5 Å². The van der Waals surface area contributed by atoms with E-state index in [1.54, 1.807) is 4.90 Å². The molecule has 4 rings (SSSR count). The fourth-order valence-corrected chi connectivity index (χ4v) is 4.52. The van der Waals surface area contributed by atoms with Crippen LogP contribution < -0.4 is 4.90 Å². The number of halogens is 3. The molecule has 1 saturated carbocycles. The Hall–Kier alpha value is -2.87. The Bertz CT molecular complexity index is 976. The van der Waals surface area contributed by atoms with Gasteiger partial charge in [0, 0.05) is 25.1 Å². The highest BCUT2D eigenvalue weighted by Crippen LogP contribution is 2.45. The van der Waals surface area contributed by atoms with Gasteiger partial charge in [-0.05, 0) is 54.7 Å². The number of phenolic OH excluding ortho intramolecular Hbond substituents is 1. The van der Waals surface area contributed by atoms with Crippen molar-refractivity contribution < 1.29 is 32.6 Å². The zero-order chi connectivity index (χ0) is 22.9. The van der Waals surface area contributed by atoms with Gasteiger partial charge in [-0.1, -0.05) is 24.3 Å². The van der Waals surface area contributed by atoms with Crippen LogP contribution in [0.1, 0.15) is 49.3 Å². The molecule has 0 aromatic heterocycles. The predicted octanol–water partition coefficient (Wildman–Crippen LogP) is 5.08. The SMILES string of the molecule is O=C1CCC2(CC1)CCN(c1ccc([C@@H](OCc3ccc(O)cc3)C(F)(F)F)cc1)C2=O. The zero-order valence-corrected chi connectivity index (χ0v) is 17.4. The first-order valence-electron chi connectivity index (χ1n) is 10.6. The summed E-state index contributed by atoms with van der Waals surface area (Å²) in [6, 6.07) is 11.5. The lowest BCUT2D eigenvalue weighted by molar-refractivity contribution is -0.227. The highest BCUT2D eigenvalue weighted by molar-refractivity contribution is 6.01. The lowest BCUT2D eigenvalue weighted by Gasteiger charge is -2.31. The van der Waals surface area contributed by atoms with Crippen molar-refractivity contribution in [2.75, 3.05) is 11.4 Å². The molecule has 170 valence electrons. The van der Waals surface area contributed by atoms with E-state index in [0.717, 1.165) is 0 Å². The topological polar surface area (TPSA) is 66.8 Å². The number of carbonyl (C=O) groups excluding carboxylic acids is 2. The van der Waals surface area contributed by atoms with Gasteiger partial charge < -0.3 is 14.7 Å². The molecule has 1 atom stereocenters. The number of Topliss-reactive ketones (excluding diaryl/α,β-unsaturated/α-hetero) is 1. The average molecular weight is 447 g/mol. The molecule has 2 fully saturated rings. The van der Waals surface area contributed by atoms with Crippen molar-refractivity contribution in [1.82, 2.24) is 0 Å². The largest absolute Gasteiger partial charge is 0.508 e. The van der Waals surface area contributed by atoms with Crippen LogP contribution >= 0.6 is 0 Å². The van der Waals surface area contributed by atoms with Gasteiger partial charge in [0.25, 0.3) is 0 Å². The van der Waals surface area contributed by atoms with Gasteiger partial charge in [-0.3, -0.25) is 9.59 Å². The standard InChI is InChI=1S/C24H24F3NO4/c25-24(26,27)21(32-15-16-1-7-19(29)8-2-16)17-3-5-18(6-4-17)28-14-13-23(22(28)31)11-9-20(30)10-12-23/h1-8,21,29H,9-15H2/t21-/m1/s1. The molecule has 1 N–H and O–H groups in total. The van der Waals surface area contributed by atoms with E-state index in [1.165, 1.54) is 48.5 Å². The molecule has 0 radical (unpaired) electrons. The number of carbonyl (C=O) groups is 2. The maximum atomic E-state index is 13.6. The second kappa shape index (κ2) is 8.58. The second-order valence-electron chi connectivity index (χ2n) is 8.52. The van der Waals surface area contributed by atoms with Crippen LogP contribution in [0.4, 0.5) is 18.9 Å². The molecule has 32 heavy (non-hydrogen) atoms. The number of ether oxygens (including phenoxy) is 1. The summed E-state index contributed by atoms with van der Waals surface area (Å²) in [4.78, 5) is 26.2. The predicted molar refractivity (Wildman–Crippen MR) is 111 cm³/mol. The molecule has 0 bridgehead atoms. The number of benzene rings is 2. The molecule has 1 amide bonds. The molecular weight excluding hydrogens is 423 g/mol. The van der Waals surface area contributed by atoms with E-state index >= 15 is 0 Å². The summed E-state index contributed by atoms with van der Waals surface area (Å²) >= 11 is 0. The summed E-state index contributed by atoms with van der Waals surface area (Å²) in [5.41, 5.74) is 0.484. The molecule has 1 saturated heterocycles. The first-order valence-corrected chi connectivity index (χ1v) is 10.6. The second-order valence-corrected chi connectivity index (χ2v) is 8.52. The minimum atomic E-state index is -4.61. The molecule has 0 unspecified atom stereocenters. The van der Waals surface area contributed by atoms with E-state index in [0.29, 0.717) is 49.9 Å². The molecule has 1 heterocycles. The Labute approximate surface area is 183 Å². The number of amides is 1. The minimum absolute atomic E-state index is 0.0229. The van der Waals surface area contributed by atoms with Crippen molar-refractivity contribution in [1.29, 1.82) is 0 Å². The van der Waals surface area contributed by atoms with E-state index < -0.39 is 17.7 Å². The minimum Gasteiger partial charge on any atom is -0.508 e. The molecule has 2 aromatic rings. The Morgan fingerprint density at radius 3 is 2.19 bits per heavy atom. The Morgan fingerprint density at radius 1 is 0.969 bits per heavy atom. The molecule has 1 aliphatic carbocycles. The van der Waals surface area contributed by atoms with E-state index in [1.807, 2.05) is 0 Å². The van der Waals surface area contributed by atoms with Gasteiger partial charge in [-0.25, -0.2) is 0 Å². The monoisotopic (exact) mass is 447 g/mol. The van der Waals surface area contributed by atoms with Crippen molar-refractivity contribution in [2.24, 2.45) is 5.41 Å². The van der Waals surface area contributed by atoms with Crippen molar-refractivity contribution >= 4 is 17.4 Å². The zero-order valence-electron chi connectivity index (χ0n) is 17.4. The normalized spacial score (nSPS) is 19.5. The first-order chi connectivity index (χ1) is 15.2. The third-order valence-corrected chi connectivity index (χ3v) is 6.44. The fraction of sp³-hybridized carbons (Fsp3) is 0.417. The lowest BCUT2D eigenvalue weighted by Crippen LogP contribution is -2.37. The number of nitrogens with zero attached hydrogens (tertiary/aromatic N) is 1. The van der Waals surface area contributed by atoms with E-state index in [4.69, 9.17) is 4.74 Å². The van der Waals surface area contributed by atoms with Crippen LogP contribution in [0.5, 0.6) is 5.75 Å². The van der Waals surface area contributed by atoms with Crippen LogP contribution in [0.25, 0.3) is 0 Å². The quantitative estimate of drug-likeness (QED) is 0.694. The smallest absolute Gasteiger partial charge is 0.418 e. The Balaban J connectivity index is 1.47.